The standard InChI is InChI=1S/C23H37N3O4/c1-8-13-24-22(29)20(15(2)3)26-21(28)19(25-16(4)27)14-17-9-11-18(12-10-17)30-23(5,6)7/h9-12,15,19-20H,8,13-14H2,1-7H3,(H,24,29)(H,25,27)(H,26,28)/t19-,20-/m0/s1. The summed E-state index contributed by atoms with van der Waals surface area (Å²) in [5, 5.41) is 8.31. The van der Waals surface area contributed by atoms with Crippen LogP contribution in [0.25, 0.3) is 0 Å². The van der Waals surface area contributed by atoms with Crippen molar-refractivity contribution in [2.24, 2.45) is 5.92 Å². The average Bonchev–Trinajstić information content (AvgIpc) is 2.63. The highest BCUT2D eigenvalue weighted by atomic mass is 16.5. The van der Waals surface area contributed by atoms with Gasteiger partial charge in [-0.05, 0) is 50.8 Å². The fraction of sp³-hybridized carbons (Fsp3) is 0.609. The van der Waals surface area contributed by atoms with E-state index >= 15 is 0 Å². The number of carbonyl (C=O) groups excluding carboxylic acids is 3. The second kappa shape index (κ2) is 11.6. The third kappa shape index (κ3) is 9.29. The van der Waals surface area contributed by atoms with E-state index in [1.165, 1.54) is 6.92 Å². The molecule has 0 aliphatic carbocycles. The van der Waals surface area contributed by atoms with Gasteiger partial charge in [-0.2, -0.15) is 0 Å². The monoisotopic (exact) mass is 419 g/mol. The second-order valence-electron chi connectivity index (χ2n) is 8.84. The van der Waals surface area contributed by atoms with Crippen molar-refractivity contribution in [2.75, 3.05) is 6.54 Å². The van der Waals surface area contributed by atoms with E-state index in [0.717, 1.165) is 17.7 Å². The minimum atomic E-state index is -0.780. The van der Waals surface area contributed by atoms with Gasteiger partial charge in [-0.1, -0.05) is 32.9 Å². The number of benzene rings is 1. The Balaban J connectivity index is 2.90. The molecule has 0 saturated carbocycles. The molecule has 0 radical (unpaired) electrons. The molecule has 0 saturated heterocycles. The smallest absolute Gasteiger partial charge is 0.243 e. The van der Waals surface area contributed by atoms with Gasteiger partial charge in [-0.25, -0.2) is 0 Å². The van der Waals surface area contributed by atoms with Gasteiger partial charge in [0.1, 0.15) is 23.4 Å². The van der Waals surface area contributed by atoms with E-state index in [0.29, 0.717) is 13.0 Å². The molecular weight excluding hydrogens is 382 g/mol. The van der Waals surface area contributed by atoms with Crippen LogP contribution in [0.4, 0.5) is 0 Å². The zero-order valence-electron chi connectivity index (χ0n) is 19.3. The Labute approximate surface area is 180 Å². The highest BCUT2D eigenvalue weighted by Gasteiger charge is 2.28. The number of ether oxygens (including phenoxy) is 1. The van der Waals surface area contributed by atoms with Gasteiger partial charge in [0.15, 0.2) is 0 Å². The largest absolute Gasteiger partial charge is 0.488 e. The van der Waals surface area contributed by atoms with Gasteiger partial charge >= 0.3 is 0 Å². The zero-order chi connectivity index (χ0) is 22.9. The van der Waals surface area contributed by atoms with Crippen LogP contribution >= 0.6 is 0 Å². The van der Waals surface area contributed by atoms with Gasteiger partial charge in [0.25, 0.3) is 0 Å². The van der Waals surface area contributed by atoms with Gasteiger partial charge in [-0.15, -0.1) is 0 Å². The summed E-state index contributed by atoms with van der Waals surface area (Å²) in [6, 6.07) is 5.99. The first kappa shape index (κ1) is 25.5. The van der Waals surface area contributed by atoms with Crippen LogP contribution in [0.2, 0.25) is 0 Å². The predicted molar refractivity (Wildman–Crippen MR) is 118 cm³/mol. The average molecular weight is 420 g/mol. The molecule has 0 heterocycles. The lowest BCUT2D eigenvalue weighted by Crippen LogP contribution is -2.55. The molecule has 0 aliphatic rings. The SMILES string of the molecule is CCCNC(=O)[C@@H](NC(=O)[C@H](Cc1ccc(OC(C)(C)C)cc1)NC(C)=O)C(C)C. The normalized spacial score (nSPS) is 13.3. The highest BCUT2D eigenvalue weighted by molar-refractivity contribution is 5.92. The lowest BCUT2D eigenvalue weighted by atomic mass is 10.0. The van der Waals surface area contributed by atoms with Crippen molar-refractivity contribution >= 4 is 17.7 Å². The Morgan fingerprint density at radius 3 is 2.07 bits per heavy atom. The summed E-state index contributed by atoms with van der Waals surface area (Å²) < 4.78 is 5.82. The molecule has 3 N–H and O–H groups in total. The number of hydrogen-bond donors (Lipinski definition) is 3. The molecule has 0 spiro atoms. The molecule has 1 aromatic rings. The molecule has 0 aromatic heterocycles. The van der Waals surface area contributed by atoms with Crippen LogP contribution in [-0.2, 0) is 20.8 Å². The lowest BCUT2D eigenvalue weighted by Gasteiger charge is -2.25. The van der Waals surface area contributed by atoms with Crippen LogP contribution in [-0.4, -0.2) is 42.0 Å². The summed E-state index contributed by atoms with van der Waals surface area (Å²) in [6.45, 7) is 13.5. The van der Waals surface area contributed by atoms with Crippen molar-refractivity contribution in [3.63, 3.8) is 0 Å². The minimum Gasteiger partial charge on any atom is -0.488 e. The number of rotatable bonds is 10. The summed E-state index contributed by atoms with van der Waals surface area (Å²) in [4.78, 5) is 37.0. The molecule has 1 aromatic carbocycles. The first-order valence-electron chi connectivity index (χ1n) is 10.6. The number of amides is 3. The van der Waals surface area contributed by atoms with Gasteiger partial charge in [0.05, 0.1) is 0 Å². The maximum atomic E-state index is 12.9. The molecule has 1 rings (SSSR count). The second-order valence-corrected chi connectivity index (χ2v) is 8.84. The Bertz CT molecular complexity index is 708. The van der Waals surface area contributed by atoms with E-state index < -0.39 is 12.1 Å². The highest BCUT2D eigenvalue weighted by Crippen LogP contribution is 2.19. The number of hydrogen-bond acceptors (Lipinski definition) is 4. The molecule has 7 nitrogen and oxygen atoms in total. The van der Waals surface area contributed by atoms with Crippen molar-refractivity contribution < 1.29 is 19.1 Å². The Morgan fingerprint density at radius 2 is 1.60 bits per heavy atom. The van der Waals surface area contributed by atoms with E-state index in [1.54, 1.807) is 0 Å². The van der Waals surface area contributed by atoms with Crippen molar-refractivity contribution in [3.8, 4) is 5.75 Å². The summed E-state index contributed by atoms with van der Waals surface area (Å²) in [7, 11) is 0. The molecular formula is C23H37N3O4. The fourth-order valence-corrected chi connectivity index (χ4v) is 2.88. The maximum Gasteiger partial charge on any atom is 0.243 e. The van der Waals surface area contributed by atoms with E-state index in [1.807, 2.05) is 65.8 Å². The van der Waals surface area contributed by atoms with Crippen molar-refractivity contribution in [3.05, 3.63) is 29.8 Å². The lowest BCUT2D eigenvalue weighted by molar-refractivity contribution is -0.132. The predicted octanol–water partition coefficient (Wildman–Crippen LogP) is 2.58. The zero-order valence-corrected chi connectivity index (χ0v) is 19.3. The first-order valence-corrected chi connectivity index (χ1v) is 10.6. The third-order valence-electron chi connectivity index (χ3n) is 4.28. The van der Waals surface area contributed by atoms with Gasteiger partial charge in [0.2, 0.25) is 17.7 Å². The quantitative estimate of drug-likeness (QED) is 0.543. The van der Waals surface area contributed by atoms with Crippen LogP contribution in [0, 0.1) is 5.92 Å². The fourth-order valence-electron chi connectivity index (χ4n) is 2.88. The third-order valence-corrected chi connectivity index (χ3v) is 4.28. The van der Waals surface area contributed by atoms with Gasteiger partial charge in [0, 0.05) is 19.9 Å². The van der Waals surface area contributed by atoms with Crippen LogP contribution < -0.4 is 20.7 Å². The Morgan fingerprint density at radius 1 is 1.00 bits per heavy atom. The molecule has 2 atom stereocenters. The Kier molecular flexibility index (Phi) is 9.82. The summed E-state index contributed by atoms with van der Waals surface area (Å²) in [6.07, 6.45) is 1.12. The van der Waals surface area contributed by atoms with Crippen LogP contribution in [0.15, 0.2) is 24.3 Å². The van der Waals surface area contributed by atoms with Crippen LogP contribution in [0.1, 0.15) is 60.5 Å². The molecule has 0 unspecified atom stereocenters. The van der Waals surface area contributed by atoms with E-state index in [-0.39, 0.29) is 29.2 Å². The van der Waals surface area contributed by atoms with E-state index in [9.17, 15) is 14.4 Å². The van der Waals surface area contributed by atoms with E-state index in [4.69, 9.17) is 4.74 Å². The van der Waals surface area contributed by atoms with Crippen LogP contribution in [0.5, 0.6) is 5.75 Å². The molecule has 0 bridgehead atoms. The molecule has 0 aliphatic heterocycles. The van der Waals surface area contributed by atoms with Crippen molar-refractivity contribution in [1.29, 1.82) is 0 Å². The molecule has 30 heavy (non-hydrogen) atoms. The first-order chi connectivity index (χ1) is 13.9. The van der Waals surface area contributed by atoms with Gasteiger partial charge < -0.3 is 20.7 Å². The Hall–Kier alpha value is -2.57. The summed E-state index contributed by atoms with van der Waals surface area (Å²) in [5.41, 5.74) is 0.575. The molecule has 7 heteroatoms. The van der Waals surface area contributed by atoms with Crippen LogP contribution in [0.3, 0.4) is 0 Å². The van der Waals surface area contributed by atoms with Crippen molar-refractivity contribution in [2.45, 2.75) is 79.0 Å². The van der Waals surface area contributed by atoms with E-state index in [2.05, 4.69) is 16.0 Å². The summed E-state index contributed by atoms with van der Waals surface area (Å²) in [5.74, 6) is -0.257. The molecule has 168 valence electrons. The maximum absolute atomic E-state index is 12.9. The summed E-state index contributed by atoms with van der Waals surface area (Å²) >= 11 is 0. The van der Waals surface area contributed by atoms with Crippen molar-refractivity contribution in [1.82, 2.24) is 16.0 Å². The number of nitrogens with one attached hydrogen (secondary N) is 3. The molecule has 3 amide bonds. The number of carbonyl (C=O) groups is 3. The van der Waals surface area contributed by atoms with Gasteiger partial charge in [-0.3, -0.25) is 14.4 Å². The topological polar surface area (TPSA) is 96.5 Å². The minimum absolute atomic E-state index is 0.0855. The molecule has 0 fully saturated rings.